The Balaban J connectivity index is 1.76. The number of hydrogen-bond donors (Lipinski definition) is 2. The molecule has 0 aliphatic rings. The minimum Gasteiger partial charge on any atom is -0.481 e. The number of aliphatic carboxylic acids is 1. The zero-order chi connectivity index (χ0) is 23.6. The summed E-state index contributed by atoms with van der Waals surface area (Å²) in [6.45, 7) is 6.36. The van der Waals surface area contributed by atoms with Gasteiger partial charge in [0.05, 0.1) is 11.3 Å². The Morgan fingerprint density at radius 1 is 1.12 bits per heavy atom. The number of carbonyl (C=O) groups is 1. The fourth-order valence-electron chi connectivity index (χ4n) is 3.71. The molecule has 0 amide bonds. The molecule has 0 fully saturated rings. The average Bonchev–Trinajstić information content (AvgIpc) is 3.26. The number of hydrogen-bond acceptors (Lipinski definition) is 5. The molecule has 6 heteroatoms. The fraction of sp³-hybridized carbons (Fsp3) is 0.370. The quantitative estimate of drug-likeness (QED) is 0.273. The Hall–Kier alpha value is -2.99. The second-order valence-electron chi connectivity index (χ2n) is 8.20. The van der Waals surface area contributed by atoms with Gasteiger partial charge in [-0.05, 0) is 60.9 Å². The predicted octanol–water partition coefficient (Wildman–Crippen LogP) is 7.43. The van der Waals surface area contributed by atoms with E-state index >= 15 is 0 Å². The second-order valence-corrected chi connectivity index (χ2v) is 9.11. The van der Waals surface area contributed by atoms with Crippen LogP contribution in [0.4, 0.5) is 11.5 Å². The lowest BCUT2D eigenvalue weighted by atomic mass is 10.1. The van der Waals surface area contributed by atoms with Gasteiger partial charge >= 0.3 is 5.97 Å². The minimum absolute atomic E-state index is 0.0190. The Kier molecular flexibility index (Phi) is 9.19. The number of anilines is 2. The topological polar surface area (TPSA) is 75.1 Å². The smallest absolute Gasteiger partial charge is 0.307 e. The molecule has 174 valence electrons. The molecule has 2 heterocycles. The van der Waals surface area contributed by atoms with E-state index in [0.29, 0.717) is 0 Å². The minimum atomic E-state index is -0.832. The first-order valence-corrected chi connectivity index (χ1v) is 12.6. The average molecular weight is 464 g/mol. The van der Waals surface area contributed by atoms with Gasteiger partial charge in [0, 0.05) is 16.9 Å². The molecular formula is C27H33N3O2S. The van der Waals surface area contributed by atoms with Crippen LogP contribution in [-0.2, 0) is 17.6 Å². The Labute approximate surface area is 200 Å². The molecule has 2 N–H and O–H groups in total. The highest BCUT2D eigenvalue weighted by Crippen LogP contribution is 2.30. The number of rotatable bonds is 12. The Morgan fingerprint density at radius 2 is 1.91 bits per heavy atom. The van der Waals surface area contributed by atoms with Gasteiger partial charge in [0.25, 0.3) is 0 Å². The van der Waals surface area contributed by atoms with Crippen LogP contribution in [0.2, 0.25) is 0 Å². The molecule has 0 spiro atoms. The van der Waals surface area contributed by atoms with Gasteiger partial charge in [-0.25, -0.2) is 9.97 Å². The summed E-state index contributed by atoms with van der Waals surface area (Å²) in [5, 5.41) is 14.5. The number of nitrogens with one attached hydrogen (secondary N) is 1. The first-order valence-electron chi connectivity index (χ1n) is 11.7. The number of benzene rings is 1. The molecule has 33 heavy (non-hydrogen) atoms. The molecule has 5 nitrogen and oxygen atoms in total. The standard InChI is InChI=1S/C27H33N3O2S/c1-4-6-7-8-9-10-11-21-16-24(33-18-21)27-28-19(3)23(5-2)26(30-27)29-22-14-12-20(13-15-22)17-25(31)32/h10-16,18H,4-9,17H2,1-3H3,(H,31,32)(H,28,29,30). The van der Waals surface area contributed by atoms with E-state index in [1.165, 1.54) is 31.2 Å². The summed E-state index contributed by atoms with van der Waals surface area (Å²) >= 11 is 1.66. The summed E-state index contributed by atoms with van der Waals surface area (Å²) in [6, 6.07) is 9.60. The van der Waals surface area contributed by atoms with E-state index in [0.717, 1.165) is 51.9 Å². The van der Waals surface area contributed by atoms with Gasteiger partial charge in [-0.2, -0.15) is 0 Å². The van der Waals surface area contributed by atoms with Crippen LogP contribution in [0.3, 0.4) is 0 Å². The highest BCUT2D eigenvalue weighted by molar-refractivity contribution is 7.13. The fourth-order valence-corrected chi connectivity index (χ4v) is 4.52. The van der Waals surface area contributed by atoms with Gasteiger partial charge in [0.1, 0.15) is 5.82 Å². The van der Waals surface area contributed by atoms with Crippen molar-refractivity contribution >= 4 is 34.9 Å². The molecule has 1 aromatic carbocycles. The second kappa shape index (κ2) is 12.3. The lowest BCUT2D eigenvalue weighted by molar-refractivity contribution is -0.136. The van der Waals surface area contributed by atoms with Crippen LogP contribution < -0.4 is 5.32 Å². The lowest BCUT2D eigenvalue weighted by Crippen LogP contribution is -2.05. The van der Waals surface area contributed by atoms with Gasteiger partial charge in [-0.3, -0.25) is 4.79 Å². The molecule has 0 saturated heterocycles. The summed E-state index contributed by atoms with van der Waals surface area (Å²) in [7, 11) is 0. The maximum absolute atomic E-state index is 10.9. The summed E-state index contributed by atoms with van der Waals surface area (Å²) in [5.74, 6) is 0.691. The van der Waals surface area contributed by atoms with E-state index in [1.807, 2.05) is 31.2 Å². The van der Waals surface area contributed by atoms with Crippen molar-refractivity contribution in [1.82, 2.24) is 9.97 Å². The van der Waals surface area contributed by atoms with Crippen LogP contribution in [-0.4, -0.2) is 21.0 Å². The summed E-state index contributed by atoms with van der Waals surface area (Å²) in [4.78, 5) is 21.6. The molecule has 0 bridgehead atoms. The van der Waals surface area contributed by atoms with Gasteiger partial charge in [0.2, 0.25) is 0 Å². The number of carboxylic acid groups (broad SMARTS) is 1. The molecule has 0 atom stereocenters. The van der Waals surface area contributed by atoms with Gasteiger partial charge < -0.3 is 10.4 Å². The number of allylic oxidation sites excluding steroid dienone is 1. The van der Waals surface area contributed by atoms with Crippen LogP contribution in [0.5, 0.6) is 0 Å². The number of aromatic nitrogens is 2. The maximum Gasteiger partial charge on any atom is 0.307 e. The third-order valence-electron chi connectivity index (χ3n) is 5.51. The van der Waals surface area contributed by atoms with E-state index in [4.69, 9.17) is 15.1 Å². The van der Waals surface area contributed by atoms with Crippen LogP contribution >= 0.6 is 11.3 Å². The zero-order valence-corrected chi connectivity index (χ0v) is 20.5. The third kappa shape index (κ3) is 7.26. The highest BCUT2D eigenvalue weighted by Gasteiger charge is 2.13. The Bertz CT molecular complexity index is 1090. The maximum atomic E-state index is 10.9. The van der Waals surface area contributed by atoms with Crippen molar-refractivity contribution in [3.8, 4) is 10.7 Å². The molecular weight excluding hydrogens is 430 g/mol. The van der Waals surface area contributed by atoms with Crippen molar-refractivity contribution in [2.24, 2.45) is 0 Å². The van der Waals surface area contributed by atoms with Crippen LogP contribution in [0.1, 0.15) is 68.3 Å². The number of carboxylic acids is 1. The molecule has 3 aromatic rings. The molecule has 3 rings (SSSR count). The van der Waals surface area contributed by atoms with Crippen molar-refractivity contribution in [3.63, 3.8) is 0 Å². The van der Waals surface area contributed by atoms with Gasteiger partial charge in [-0.15, -0.1) is 11.3 Å². The van der Waals surface area contributed by atoms with Crippen LogP contribution in [0.25, 0.3) is 16.8 Å². The van der Waals surface area contributed by atoms with E-state index in [-0.39, 0.29) is 6.42 Å². The molecule has 0 aliphatic heterocycles. The number of thiophene rings is 1. The normalized spacial score (nSPS) is 11.2. The Morgan fingerprint density at radius 3 is 2.61 bits per heavy atom. The molecule has 0 aliphatic carbocycles. The predicted molar refractivity (Wildman–Crippen MR) is 138 cm³/mol. The van der Waals surface area contributed by atoms with Crippen molar-refractivity contribution in [3.05, 3.63) is 64.2 Å². The molecule has 0 saturated carbocycles. The SMILES string of the molecule is CCCCCCC=Cc1csc(-c2nc(C)c(CC)c(Nc3ccc(CC(=O)O)cc3)n2)c1. The van der Waals surface area contributed by atoms with Gasteiger partial charge in [-0.1, -0.05) is 57.4 Å². The van der Waals surface area contributed by atoms with Crippen molar-refractivity contribution in [2.75, 3.05) is 5.32 Å². The highest BCUT2D eigenvalue weighted by atomic mass is 32.1. The molecule has 0 radical (unpaired) electrons. The lowest BCUT2D eigenvalue weighted by Gasteiger charge is -2.14. The summed E-state index contributed by atoms with van der Waals surface area (Å²) in [6.07, 6.45) is 11.5. The molecule has 2 aromatic heterocycles. The molecule has 0 unspecified atom stereocenters. The largest absolute Gasteiger partial charge is 0.481 e. The summed E-state index contributed by atoms with van der Waals surface area (Å²) in [5.41, 5.74) is 4.88. The van der Waals surface area contributed by atoms with E-state index in [2.05, 4.69) is 42.8 Å². The van der Waals surface area contributed by atoms with E-state index < -0.39 is 5.97 Å². The zero-order valence-electron chi connectivity index (χ0n) is 19.7. The van der Waals surface area contributed by atoms with Gasteiger partial charge in [0.15, 0.2) is 5.82 Å². The number of unbranched alkanes of at least 4 members (excludes halogenated alkanes) is 4. The number of nitrogens with zero attached hydrogens (tertiary/aromatic N) is 2. The third-order valence-corrected chi connectivity index (χ3v) is 6.46. The van der Waals surface area contributed by atoms with E-state index in [9.17, 15) is 4.79 Å². The number of aryl methyl sites for hydroxylation is 1. The van der Waals surface area contributed by atoms with Crippen molar-refractivity contribution in [1.29, 1.82) is 0 Å². The first kappa shape index (κ1) is 24.6. The summed E-state index contributed by atoms with van der Waals surface area (Å²) < 4.78 is 0. The first-order chi connectivity index (χ1) is 16.0. The van der Waals surface area contributed by atoms with E-state index in [1.54, 1.807) is 11.3 Å². The van der Waals surface area contributed by atoms with Crippen LogP contribution in [0.15, 0.2) is 41.8 Å². The van der Waals surface area contributed by atoms with Crippen molar-refractivity contribution in [2.45, 2.75) is 65.7 Å². The monoisotopic (exact) mass is 463 g/mol. The van der Waals surface area contributed by atoms with Crippen LogP contribution in [0, 0.1) is 6.92 Å². The van der Waals surface area contributed by atoms with Crippen molar-refractivity contribution < 1.29 is 9.90 Å².